The van der Waals surface area contributed by atoms with Gasteiger partial charge in [-0.2, -0.15) is 0 Å². The van der Waals surface area contributed by atoms with E-state index in [4.69, 9.17) is 5.11 Å². The molecule has 6 heteroatoms. The highest BCUT2D eigenvalue weighted by molar-refractivity contribution is 7.12. The second-order valence-electron chi connectivity index (χ2n) is 4.23. The third-order valence-electron chi connectivity index (χ3n) is 3.05. The Kier molecular flexibility index (Phi) is 2.71. The second kappa shape index (κ2) is 4.38. The van der Waals surface area contributed by atoms with Crippen molar-refractivity contribution in [2.45, 2.75) is 0 Å². The van der Waals surface area contributed by atoms with E-state index in [0.717, 1.165) is 16.3 Å². The Labute approximate surface area is 108 Å². The lowest BCUT2D eigenvalue weighted by Crippen LogP contribution is -2.50. The van der Waals surface area contributed by atoms with E-state index in [0.29, 0.717) is 13.1 Å². The zero-order valence-electron chi connectivity index (χ0n) is 9.48. The summed E-state index contributed by atoms with van der Waals surface area (Å²) >= 11 is 1.49. The first-order chi connectivity index (χ1) is 8.74. The molecule has 0 radical (unpaired) electrons. The molecular weight excluding hydrogens is 250 g/mol. The summed E-state index contributed by atoms with van der Waals surface area (Å²) in [6.45, 7) is 1.16. The van der Waals surface area contributed by atoms with E-state index in [9.17, 15) is 4.79 Å². The van der Waals surface area contributed by atoms with Crippen molar-refractivity contribution in [3.8, 4) is 10.6 Å². The van der Waals surface area contributed by atoms with Gasteiger partial charge in [0.25, 0.3) is 0 Å². The lowest BCUT2D eigenvalue weighted by Gasteiger charge is -2.38. The first-order valence-corrected chi connectivity index (χ1v) is 6.46. The number of aromatic nitrogens is 2. The molecule has 92 valence electrons. The van der Waals surface area contributed by atoms with Crippen LogP contribution in [-0.4, -0.2) is 34.4 Å². The van der Waals surface area contributed by atoms with E-state index in [2.05, 4.69) is 15.1 Å². The maximum absolute atomic E-state index is 10.8. The molecule has 0 unspecified atom stereocenters. The minimum absolute atomic E-state index is 0.241. The summed E-state index contributed by atoms with van der Waals surface area (Å²) in [5, 5.41) is 17.6. The summed E-state index contributed by atoms with van der Waals surface area (Å²) in [4.78, 5) is 12.8. The van der Waals surface area contributed by atoms with Crippen LogP contribution < -0.4 is 4.90 Å². The fourth-order valence-electron chi connectivity index (χ4n) is 1.98. The molecule has 1 N–H and O–H groups in total. The Morgan fingerprint density at radius 3 is 2.94 bits per heavy atom. The average molecular weight is 261 g/mol. The number of carboxylic acids is 1. The van der Waals surface area contributed by atoms with Crippen molar-refractivity contribution in [2.75, 3.05) is 18.0 Å². The SMILES string of the molecule is O=C(O)C1CN(c2cccc(-c3nncs3)c2)C1. The largest absolute Gasteiger partial charge is 0.481 e. The molecule has 0 amide bonds. The molecule has 1 saturated heterocycles. The summed E-state index contributed by atoms with van der Waals surface area (Å²) in [6, 6.07) is 7.96. The zero-order chi connectivity index (χ0) is 12.5. The van der Waals surface area contributed by atoms with Crippen molar-refractivity contribution in [3.05, 3.63) is 29.8 Å². The van der Waals surface area contributed by atoms with Crippen LogP contribution in [0, 0.1) is 5.92 Å². The Balaban J connectivity index is 1.79. The van der Waals surface area contributed by atoms with E-state index >= 15 is 0 Å². The minimum Gasteiger partial charge on any atom is -0.481 e. The molecule has 0 saturated carbocycles. The van der Waals surface area contributed by atoms with Gasteiger partial charge in [0.1, 0.15) is 10.5 Å². The number of benzene rings is 1. The Morgan fingerprint density at radius 2 is 2.28 bits per heavy atom. The van der Waals surface area contributed by atoms with Gasteiger partial charge in [0.05, 0.1) is 5.92 Å². The topological polar surface area (TPSA) is 66.3 Å². The molecule has 1 aromatic carbocycles. The van der Waals surface area contributed by atoms with E-state index in [1.54, 1.807) is 5.51 Å². The van der Waals surface area contributed by atoms with Gasteiger partial charge in [-0.05, 0) is 12.1 Å². The molecule has 0 atom stereocenters. The molecule has 1 aliphatic rings. The standard InChI is InChI=1S/C12H11N3O2S/c16-12(17)9-5-15(6-9)10-3-1-2-8(4-10)11-14-13-7-18-11/h1-4,7,9H,5-6H2,(H,16,17). The monoisotopic (exact) mass is 261 g/mol. The van der Waals surface area contributed by atoms with Crippen molar-refractivity contribution in [2.24, 2.45) is 5.92 Å². The van der Waals surface area contributed by atoms with Crippen molar-refractivity contribution < 1.29 is 9.90 Å². The number of anilines is 1. The average Bonchev–Trinajstić information content (AvgIpc) is 2.80. The molecule has 3 rings (SSSR count). The molecule has 0 aliphatic carbocycles. The Bertz CT molecular complexity index is 564. The molecule has 1 aromatic heterocycles. The van der Waals surface area contributed by atoms with Crippen LogP contribution in [0.1, 0.15) is 0 Å². The van der Waals surface area contributed by atoms with Gasteiger partial charge in [0.2, 0.25) is 0 Å². The van der Waals surface area contributed by atoms with Crippen LogP contribution in [0.25, 0.3) is 10.6 Å². The fourth-order valence-corrected chi connectivity index (χ4v) is 2.53. The lowest BCUT2D eigenvalue weighted by molar-refractivity contribution is -0.142. The molecule has 18 heavy (non-hydrogen) atoms. The molecular formula is C12H11N3O2S. The fraction of sp³-hybridized carbons (Fsp3) is 0.250. The van der Waals surface area contributed by atoms with E-state index < -0.39 is 5.97 Å². The van der Waals surface area contributed by atoms with E-state index in [-0.39, 0.29) is 5.92 Å². The molecule has 2 heterocycles. The van der Waals surface area contributed by atoms with Gasteiger partial charge >= 0.3 is 5.97 Å². The van der Waals surface area contributed by atoms with Crippen LogP contribution in [-0.2, 0) is 4.79 Å². The predicted molar refractivity (Wildman–Crippen MR) is 68.7 cm³/mol. The Morgan fingerprint density at radius 1 is 1.44 bits per heavy atom. The van der Waals surface area contributed by atoms with Crippen molar-refractivity contribution in [1.29, 1.82) is 0 Å². The summed E-state index contributed by atoms with van der Waals surface area (Å²) in [5.41, 5.74) is 3.76. The van der Waals surface area contributed by atoms with Crippen LogP contribution in [0.3, 0.4) is 0 Å². The van der Waals surface area contributed by atoms with Gasteiger partial charge in [-0.15, -0.1) is 10.2 Å². The highest BCUT2D eigenvalue weighted by Gasteiger charge is 2.32. The summed E-state index contributed by atoms with van der Waals surface area (Å²) < 4.78 is 0. The van der Waals surface area contributed by atoms with E-state index in [1.807, 2.05) is 24.3 Å². The molecule has 2 aromatic rings. The quantitative estimate of drug-likeness (QED) is 0.911. The van der Waals surface area contributed by atoms with Crippen LogP contribution in [0.4, 0.5) is 5.69 Å². The molecule has 0 spiro atoms. The number of rotatable bonds is 3. The van der Waals surface area contributed by atoms with Gasteiger partial charge < -0.3 is 10.0 Å². The first kappa shape index (κ1) is 11.2. The number of aliphatic carboxylic acids is 1. The zero-order valence-corrected chi connectivity index (χ0v) is 10.3. The minimum atomic E-state index is -0.716. The van der Waals surface area contributed by atoms with Crippen LogP contribution in [0.15, 0.2) is 29.8 Å². The maximum atomic E-state index is 10.8. The van der Waals surface area contributed by atoms with Crippen LogP contribution in [0.2, 0.25) is 0 Å². The van der Waals surface area contributed by atoms with E-state index in [1.165, 1.54) is 11.3 Å². The van der Waals surface area contributed by atoms with Gasteiger partial charge in [0, 0.05) is 24.3 Å². The number of hydrogen-bond acceptors (Lipinski definition) is 5. The third-order valence-corrected chi connectivity index (χ3v) is 3.79. The second-order valence-corrected chi connectivity index (χ2v) is 5.07. The summed E-state index contributed by atoms with van der Waals surface area (Å²) in [6.07, 6.45) is 0. The summed E-state index contributed by atoms with van der Waals surface area (Å²) in [5.74, 6) is -0.957. The number of nitrogens with zero attached hydrogens (tertiary/aromatic N) is 3. The van der Waals surface area contributed by atoms with Gasteiger partial charge in [0.15, 0.2) is 0 Å². The molecule has 1 aliphatic heterocycles. The highest BCUT2D eigenvalue weighted by atomic mass is 32.1. The number of hydrogen-bond donors (Lipinski definition) is 1. The Hall–Kier alpha value is -1.95. The maximum Gasteiger partial charge on any atom is 0.310 e. The van der Waals surface area contributed by atoms with Gasteiger partial charge in [-0.3, -0.25) is 4.79 Å². The molecule has 1 fully saturated rings. The summed E-state index contributed by atoms with van der Waals surface area (Å²) in [7, 11) is 0. The lowest BCUT2D eigenvalue weighted by atomic mass is 9.99. The number of carbonyl (C=O) groups is 1. The predicted octanol–water partition coefficient (Wildman–Crippen LogP) is 1.73. The van der Waals surface area contributed by atoms with Crippen molar-refractivity contribution >= 4 is 23.0 Å². The third kappa shape index (κ3) is 1.95. The van der Waals surface area contributed by atoms with Crippen LogP contribution >= 0.6 is 11.3 Å². The van der Waals surface area contributed by atoms with Crippen LogP contribution in [0.5, 0.6) is 0 Å². The molecule has 5 nitrogen and oxygen atoms in total. The number of carboxylic acid groups (broad SMARTS) is 1. The van der Waals surface area contributed by atoms with Gasteiger partial charge in [-0.25, -0.2) is 0 Å². The smallest absolute Gasteiger partial charge is 0.310 e. The van der Waals surface area contributed by atoms with Gasteiger partial charge in [-0.1, -0.05) is 23.5 Å². The molecule has 0 bridgehead atoms. The first-order valence-electron chi connectivity index (χ1n) is 5.58. The normalized spacial score (nSPS) is 15.4. The highest BCUT2D eigenvalue weighted by Crippen LogP contribution is 2.29. The van der Waals surface area contributed by atoms with Crippen molar-refractivity contribution in [3.63, 3.8) is 0 Å². The van der Waals surface area contributed by atoms with Crippen molar-refractivity contribution in [1.82, 2.24) is 10.2 Å².